The minimum atomic E-state index is 0.309. The van der Waals surface area contributed by atoms with Crippen molar-refractivity contribution in [2.45, 2.75) is 33.2 Å². The van der Waals surface area contributed by atoms with Crippen LogP contribution in [0.4, 0.5) is 0 Å². The van der Waals surface area contributed by atoms with E-state index in [1.165, 1.54) is 0 Å². The highest BCUT2D eigenvalue weighted by Crippen LogP contribution is 2.14. The summed E-state index contributed by atoms with van der Waals surface area (Å²) in [6.07, 6.45) is 1.08. The van der Waals surface area contributed by atoms with Gasteiger partial charge in [0.1, 0.15) is 0 Å². The third-order valence-corrected chi connectivity index (χ3v) is 2.09. The zero-order valence-electron chi connectivity index (χ0n) is 7.30. The first-order valence-corrected chi connectivity index (χ1v) is 4.03. The van der Waals surface area contributed by atoms with Gasteiger partial charge in [-0.25, -0.2) is 0 Å². The van der Waals surface area contributed by atoms with Crippen LogP contribution in [0, 0.1) is 11.8 Å². The van der Waals surface area contributed by atoms with Gasteiger partial charge in [0, 0.05) is 6.04 Å². The smallest absolute Gasteiger partial charge is 0.00131 e. The first-order chi connectivity index (χ1) is 4.57. The Morgan fingerprint density at radius 1 is 1.10 bits per heavy atom. The van der Waals surface area contributed by atoms with Gasteiger partial charge in [0.15, 0.2) is 0 Å². The molecule has 0 aromatic rings. The van der Waals surface area contributed by atoms with Crippen LogP contribution in [0.25, 0.3) is 0 Å². The summed E-state index contributed by atoms with van der Waals surface area (Å²) in [4.78, 5) is 0. The van der Waals surface area contributed by atoms with Crippen molar-refractivity contribution in [3.63, 3.8) is 0 Å². The Kier molecular flexibility index (Phi) is 4.65. The van der Waals surface area contributed by atoms with Gasteiger partial charge in [-0.1, -0.05) is 13.8 Å². The summed E-state index contributed by atoms with van der Waals surface area (Å²) in [5.41, 5.74) is 11.2. The second kappa shape index (κ2) is 4.69. The number of hydrogen-bond acceptors (Lipinski definition) is 2. The molecule has 0 amide bonds. The van der Waals surface area contributed by atoms with Gasteiger partial charge < -0.3 is 11.5 Å². The molecule has 4 N–H and O–H groups in total. The van der Waals surface area contributed by atoms with Gasteiger partial charge in [-0.2, -0.15) is 0 Å². The summed E-state index contributed by atoms with van der Waals surface area (Å²) in [5, 5.41) is 0. The van der Waals surface area contributed by atoms with Crippen LogP contribution < -0.4 is 11.5 Å². The molecule has 0 aliphatic rings. The summed E-state index contributed by atoms with van der Waals surface area (Å²) < 4.78 is 0. The topological polar surface area (TPSA) is 52.0 Å². The summed E-state index contributed by atoms with van der Waals surface area (Å²) in [5.74, 6) is 1.26. The molecule has 0 bridgehead atoms. The van der Waals surface area contributed by atoms with E-state index in [1.54, 1.807) is 0 Å². The van der Waals surface area contributed by atoms with Crippen LogP contribution in [0.2, 0.25) is 0 Å². The molecule has 62 valence electrons. The Bertz CT molecular complexity index is 81.3. The van der Waals surface area contributed by atoms with Gasteiger partial charge >= 0.3 is 0 Å². The normalized spacial score (nSPS) is 20.1. The summed E-state index contributed by atoms with van der Waals surface area (Å²) in [7, 11) is 0. The van der Waals surface area contributed by atoms with Gasteiger partial charge in [-0.15, -0.1) is 0 Å². The van der Waals surface area contributed by atoms with Crippen molar-refractivity contribution in [1.29, 1.82) is 0 Å². The molecular weight excluding hydrogens is 124 g/mol. The Balaban J connectivity index is 3.50. The maximum absolute atomic E-state index is 5.64. The quantitative estimate of drug-likeness (QED) is 0.617. The maximum Gasteiger partial charge on any atom is 0.00131 e. The second-order valence-electron chi connectivity index (χ2n) is 3.40. The van der Waals surface area contributed by atoms with E-state index in [0.717, 1.165) is 13.0 Å². The predicted octanol–water partition coefficient (Wildman–Crippen LogP) is 0.955. The van der Waals surface area contributed by atoms with Crippen LogP contribution >= 0.6 is 0 Å². The average Bonchev–Trinajstić information content (AvgIpc) is 1.85. The predicted molar refractivity (Wildman–Crippen MR) is 45.6 cm³/mol. The third-order valence-electron chi connectivity index (χ3n) is 2.09. The Morgan fingerprint density at radius 2 is 1.60 bits per heavy atom. The first-order valence-electron chi connectivity index (χ1n) is 4.03. The molecule has 10 heavy (non-hydrogen) atoms. The zero-order valence-corrected chi connectivity index (χ0v) is 7.30. The fourth-order valence-corrected chi connectivity index (χ4v) is 1.05. The molecule has 0 heterocycles. The molecule has 0 aliphatic heterocycles. The molecule has 0 aromatic heterocycles. The Labute approximate surface area is 64.0 Å². The van der Waals surface area contributed by atoms with Crippen LogP contribution in [-0.2, 0) is 0 Å². The van der Waals surface area contributed by atoms with Crippen molar-refractivity contribution in [2.24, 2.45) is 23.3 Å². The maximum atomic E-state index is 5.64. The summed E-state index contributed by atoms with van der Waals surface area (Å²) in [6.45, 7) is 7.20. The van der Waals surface area contributed by atoms with Crippen LogP contribution in [0.1, 0.15) is 27.2 Å². The van der Waals surface area contributed by atoms with Crippen molar-refractivity contribution in [2.75, 3.05) is 6.54 Å². The second-order valence-corrected chi connectivity index (χ2v) is 3.40. The van der Waals surface area contributed by atoms with Crippen molar-refractivity contribution < 1.29 is 0 Å². The number of hydrogen-bond donors (Lipinski definition) is 2. The van der Waals surface area contributed by atoms with E-state index in [4.69, 9.17) is 11.5 Å². The SMILES string of the molecule is CC(N)CC(C)C(C)CN. The van der Waals surface area contributed by atoms with Crippen molar-refractivity contribution in [3.8, 4) is 0 Å². The Hall–Kier alpha value is -0.0800. The van der Waals surface area contributed by atoms with E-state index < -0.39 is 0 Å². The first kappa shape index (κ1) is 9.92. The molecule has 0 aromatic carbocycles. The molecule has 0 saturated heterocycles. The van der Waals surface area contributed by atoms with Gasteiger partial charge in [-0.05, 0) is 31.7 Å². The molecule has 3 atom stereocenters. The highest BCUT2D eigenvalue weighted by molar-refractivity contribution is 4.66. The fourth-order valence-electron chi connectivity index (χ4n) is 1.05. The Morgan fingerprint density at radius 3 is 1.90 bits per heavy atom. The molecule has 0 aliphatic carbocycles. The minimum Gasteiger partial charge on any atom is -0.330 e. The largest absolute Gasteiger partial charge is 0.330 e. The van der Waals surface area contributed by atoms with E-state index in [0.29, 0.717) is 17.9 Å². The average molecular weight is 144 g/mol. The molecule has 0 radical (unpaired) electrons. The fraction of sp³-hybridized carbons (Fsp3) is 1.00. The van der Waals surface area contributed by atoms with E-state index in [-0.39, 0.29) is 0 Å². The lowest BCUT2D eigenvalue weighted by Crippen LogP contribution is -2.25. The van der Waals surface area contributed by atoms with Crippen molar-refractivity contribution in [3.05, 3.63) is 0 Å². The van der Waals surface area contributed by atoms with E-state index in [2.05, 4.69) is 13.8 Å². The molecule has 2 nitrogen and oxygen atoms in total. The lowest BCUT2D eigenvalue weighted by Gasteiger charge is -2.19. The van der Waals surface area contributed by atoms with Gasteiger partial charge in [-0.3, -0.25) is 0 Å². The van der Waals surface area contributed by atoms with Gasteiger partial charge in [0.25, 0.3) is 0 Å². The molecule has 0 spiro atoms. The standard InChI is InChI=1S/C8H20N2/c1-6(4-8(3)10)7(2)5-9/h6-8H,4-5,9-10H2,1-3H3. The molecule has 0 saturated carbocycles. The van der Waals surface area contributed by atoms with Crippen LogP contribution in [0.3, 0.4) is 0 Å². The van der Waals surface area contributed by atoms with E-state index in [9.17, 15) is 0 Å². The minimum absolute atomic E-state index is 0.309. The number of rotatable bonds is 4. The zero-order chi connectivity index (χ0) is 8.15. The van der Waals surface area contributed by atoms with Crippen LogP contribution in [0.5, 0.6) is 0 Å². The van der Waals surface area contributed by atoms with Gasteiger partial charge in [0.05, 0.1) is 0 Å². The lowest BCUT2D eigenvalue weighted by molar-refractivity contribution is 0.352. The van der Waals surface area contributed by atoms with Gasteiger partial charge in [0.2, 0.25) is 0 Å². The van der Waals surface area contributed by atoms with Crippen LogP contribution in [0.15, 0.2) is 0 Å². The molecule has 0 rings (SSSR count). The molecular formula is C8H20N2. The third kappa shape index (κ3) is 3.85. The van der Waals surface area contributed by atoms with Crippen LogP contribution in [-0.4, -0.2) is 12.6 Å². The number of nitrogens with two attached hydrogens (primary N) is 2. The highest BCUT2D eigenvalue weighted by atomic mass is 14.6. The molecule has 0 fully saturated rings. The van der Waals surface area contributed by atoms with E-state index in [1.807, 2.05) is 6.92 Å². The summed E-state index contributed by atoms with van der Waals surface area (Å²) >= 11 is 0. The summed E-state index contributed by atoms with van der Waals surface area (Å²) in [6, 6.07) is 0.309. The monoisotopic (exact) mass is 144 g/mol. The molecule has 3 unspecified atom stereocenters. The van der Waals surface area contributed by atoms with Crippen molar-refractivity contribution >= 4 is 0 Å². The molecule has 2 heteroatoms. The van der Waals surface area contributed by atoms with Crippen molar-refractivity contribution in [1.82, 2.24) is 0 Å². The van der Waals surface area contributed by atoms with E-state index >= 15 is 0 Å². The highest BCUT2D eigenvalue weighted by Gasteiger charge is 2.11. The lowest BCUT2D eigenvalue weighted by atomic mass is 9.90.